The number of nitrogens with two attached hydrogens (primary N) is 1. The third-order valence-corrected chi connectivity index (χ3v) is 2.62. The maximum atomic E-state index is 11.2. The van der Waals surface area contributed by atoms with Gasteiger partial charge in [0.2, 0.25) is 0 Å². The highest BCUT2D eigenvalue weighted by molar-refractivity contribution is 6.33. The number of nitrogens with zero attached hydrogens (tertiary/aromatic N) is 2. The van der Waals surface area contributed by atoms with Gasteiger partial charge in [-0.25, -0.2) is 0 Å². The minimum atomic E-state index is -0.693. The van der Waals surface area contributed by atoms with Crippen molar-refractivity contribution in [2.45, 2.75) is 0 Å². The van der Waals surface area contributed by atoms with E-state index < -0.39 is 10.8 Å². The van der Waals surface area contributed by atoms with E-state index in [1.165, 1.54) is 12.1 Å². The predicted molar refractivity (Wildman–Crippen MR) is 58.8 cm³/mol. The Hall–Kier alpha value is -1.82. The van der Waals surface area contributed by atoms with Gasteiger partial charge in [0, 0.05) is 13.1 Å². The molecular weight excluding hydrogens is 234 g/mol. The Balaban J connectivity index is 2.69. The van der Waals surface area contributed by atoms with E-state index in [1.807, 2.05) is 0 Å². The molecule has 1 saturated heterocycles. The van der Waals surface area contributed by atoms with Crippen LogP contribution < -0.4 is 10.6 Å². The molecule has 0 aromatic heterocycles. The van der Waals surface area contributed by atoms with Crippen LogP contribution in [0.2, 0.25) is 5.02 Å². The SMILES string of the molecule is NC(=O)c1ccc(Cl)c([N+](=O)[O-])c1N1CC1. The molecule has 0 saturated carbocycles. The molecule has 1 fully saturated rings. The van der Waals surface area contributed by atoms with E-state index in [1.54, 1.807) is 4.90 Å². The molecule has 7 heteroatoms. The van der Waals surface area contributed by atoms with Gasteiger partial charge in [0.05, 0.1) is 10.5 Å². The van der Waals surface area contributed by atoms with E-state index >= 15 is 0 Å². The highest BCUT2D eigenvalue weighted by atomic mass is 35.5. The molecule has 0 spiro atoms. The molecule has 6 nitrogen and oxygen atoms in total. The van der Waals surface area contributed by atoms with Crippen LogP contribution in [-0.2, 0) is 0 Å². The van der Waals surface area contributed by atoms with Crippen LogP contribution in [0.1, 0.15) is 10.4 Å². The summed E-state index contributed by atoms with van der Waals surface area (Å²) in [6, 6.07) is 2.72. The Bertz CT molecular complexity index is 485. The summed E-state index contributed by atoms with van der Waals surface area (Å²) in [6.45, 7) is 1.34. The molecule has 1 aliphatic rings. The standard InChI is InChI=1S/C9H8ClN3O3/c10-6-2-1-5(9(11)14)7(12-3-4-12)8(6)13(15)16/h1-2H,3-4H2,(H2,11,14). The number of hydrogen-bond donors (Lipinski definition) is 1. The van der Waals surface area contributed by atoms with Crippen LogP contribution >= 0.6 is 11.6 Å². The minimum absolute atomic E-state index is 0.0110. The fourth-order valence-electron chi connectivity index (χ4n) is 1.52. The lowest BCUT2D eigenvalue weighted by Gasteiger charge is -2.09. The summed E-state index contributed by atoms with van der Waals surface area (Å²) >= 11 is 5.75. The van der Waals surface area contributed by atoms with Crippen LogP contribution in [0.25, 0.3) is 0 Å². The summed E-state index contributed by atoms with van der Waals surface area (Å²) in [5.74, 6) is -0.693. The number of anilines is 1. The fourth-order valence-corrected chi connectivity index (χ4v) is 1.74. The number of benzene rings is 1. The Morgan fingerprint density at radius 3 is 2.56 bits per heavy atom. The molecule has 1 amide bonds. The van der Waals surface area contributed by atoms with Crippen molar-refractivity contribution in [1.29, 1.82) is 0 Å². The van der Waals surface area contributed by atoms with Gasteiger partial charge in [-0.05, 0) is 12.1 Å². The van der Waals surface area contributed by atoms with Crippen molar-refractivity contribution < 1.29 is 9.72 Å². The van der Waals surface area contributed by atoms with Gasteiger partial charge in [0.15, 0.2) is 0 Å². The number of carbonyl (C=O) groups is 1. The molecule has 1 aliphatic heterocycles. The maximum absolute atomic E-state index is 11.2. The molecule has 1 heterocycles. The smallest absolute Gasteiger partial charge is 0.311 e. The van der Waals surface area contributed by atoms with E-state index in [-0.39, 0.29) is 22.0 Å². The molecule has 0 radical (unpaired) electrons. The first-order valence-corrected chi connectivity index (χ1v) is 4.92. The van der Waals surface area contributed by atoms with Crippen molar-refractivity contribution in [3.63, 3.8) is 0 Å². The summed E-state index contributed by atoms with van der Waals surface area (Å²) in [4.78, 5) is 23.2. The van der Waals surface area contributed by atoms with E-state index in [0.29, 0.717) is 13.1 Å². The molecular formula is C9H8ClN3O3. The van der Waals surface area contributed by atoms with Gasteiger partial charge >= 0.3 is 5.69 Å². The summed E-state index contributed by atoms with van der Waals surface area (Å²) in [5.41, 5.74) is 5.27. The van der Waals surface area contributed by atoms with Crippen LogP contribution in [0.4, 0.5) is 11.4 Å². The second-order valence-corrected chi connectivity index (χ2v) is 3.81. The van der Waals surface area contributed by atoms with Crippen molar-refractivity contribution in [2.75, 3.05) is 18.0 Å². The van der Waals surface area contributed by atoms with Crippen LogP contribution in [0.15, 0.2) is 12.1 Å². The molecule has 0 aliphatic carbocycles. The van der Waals surface area contributed by atoms with E-state index in [2.05, 4.69) is 0 Å². The summed E-state index contributed by atoms with van der Waals surface area (Å²) in [6.07, 6.45) is 0. The van der Waals surface area contributed by atoms with Crippen LogP contribution in [-0.4, -0.2) is 23.9 Å². The first kappa shape index (κ1) is 10.7. The number of amides is 1. The molecule has 1 aromatic rings. The molecule has 1 aromatic carbocycles. The van der Waals surface area contributed by atoms with E-state index in [9.17, 15) is 14.9 Å². The summed E-state index contributed by atoms with van der Waals surface area (Å²) in [7, 11) is 0. The monoisotopic (exact) mass is 241 g/mol. The number of carbonyl (C=O) groups excluding carboxylic acids is 1. The van der Waals surface area contributed by atoms with Gasteiger partial charge in [-0.15, -0.1) is 0 Å². The molecule has 0 bridgehead atoms. The number of nitro benzene ring substituents is 1. The third-order valence-electron chi connectivity index (χ3n) is 2.31. The second kappa shape index (κ2) is 3.64. The lowest BCUT2D eigenvalue weighted by Crippen LogP contribution is -2.15. The number of hydrogen-bond acceptors (Lipinski definition) is 4. The van der Waals surface area contributed by atoms with Crippen molar-refractivity contribution in [3.05, 3.63) is 32.8 Å². The Morgan fingerprint density at radius 2 is 2.12 bits per heavy atom. The second-order valence-electron chi connectivity index (χ2n) is 3.40. The first-order valence-electron chi connectivity index (χ1n) is 4.54. The van der Waals surface area contributed by atoms with Gasteiger partial charge in [-0.1, -0.05) is 11.6 Å². The molecule has 84 valence electrons. The minimum Gasteiger partial charge on any atom is -0.366 e. The Labute approximate surface area is 95.7 Å². The average Bonchev–Trinajstić information content (AvgIpc) is 2.98. The quantitative estimate of drug-likeness (QED) is 0.489. The fraction of sp³-hybridized carbons (Fsp3) is 0.222. The third kappa shape index (κ3) is 1.67. The summed E-state index contributed by atoms with van der Waals surface area (Å²) < 4.78 is 0. The van der Waals surface area contributed by atoms with Gasteiger partial charge in [-0.2, -0.15) is 0 Å². The van der Waals surface area contributed by atoms with Crippen LogP contribution in [0, 0.1) is 10.1 Å². The predicted octanol–water partition coefficient (Wildman–Crippen LogP) is 1.17. The molecule has 0 unspecified atom stereocenters. The normalized spacial score (nSPS) is 13.7. The highest BCUT2D eigenvalue weighted by Gasteiger charge is 2.33. The van der Waals surface area contributed by atoms with E-state index in [4.69, 9.17) is 17.3 Å². The zero-order valence-corrected chi connectivity index (χ0v) is 8.90. The largest absolute Gasteiger partial charge is 0.366 e. The van der Waals surface area contributed by atoms with Crippen LogP contribution in [0.5, 0.6) is 0 Å². The molecule has 2 N–H and O–H groups in total. The van der Waals surface area contributed by atoms with Gasteiger partial charge in [0.25, 0.3) is 5.91 Å². The van der Waals surface area contributed by atoms with Gasteiger partial charge in [0.1, 0.15) is 10.7 Å². The molecule has 16 heavy (non-hydrogen) atoms. The average molecular weight is 242 g/mol. The first-order chi connectivity index (χ1) is 7.52. The number of rotatable bonds is 3. The summed E-state index contributed by atoms with van der Waals surface area (Å²) in [5, 5.41) is 10.9. The number of nitro groups is 1. The van der Waals surface area contributed by atoms with Crippen LogP contribution in [0.3, 0.4) is 0 Å². The zero-order valence-electron chi connectivity index (χ0n) is 8.14. The number of halogens is 1. The lowest BCUT2D eigenvalue weighted by atomic mass is 10.1. The zero-order chi connectivity index (χ0) is 11.9. The number of primary amides is 1. The lowest BCUT2D eigenvalue weighted by molar-refractivity contribution is -0.383. The van der Waals surface area contributed by atoms with Gasteiger partial charge in [-0.3, -0.25) is 14.9 Å². The van der Waals surface area contributed by atoms with Gasteiger partial charge < -0.3 is 10.6 Å². The van der Waals surface area contributed by atoms with E-state index in [0.717, 1.165) is 0 Å². The van der Waals surface area contributed by atoms with Crippen molar-refractivity contribution in [1.82, 2.24) is 0 Å². The highest BCUT2D eigenvalue weighted by Crippen LogP contribution is 2.40. The maximum Gasteiger partial charge on any atom is 0.311 e. The van der Waals surface area contributed by atoms with Crippen molar-refractivity contribution >= 4 is 28.9 Å². The molecule has 2 rings (SSSR count). The van der Waals surface area contributed by atoms with Crippen molar-refractivity contribution in [3.8, 4) is 0 Å². The van der Waals surface area contributed by atoms with Crippen molar-refractivity contribution in [2.24, 2.45) is 5.73 Å². The topological polar surface area (TPSA) is 89.2 Å². The molecule has 0 atom stereocenters. The Kier molecular flexibility index (Phi) is 2.43. The Morgan fingerprint density at radius 1 is 1.50 bits per heavy atom.